The molecule has 2 nitrogen and oxygen atoms in total. The fraction of sp³-hybridized carbons (Fsp3) is 0.100. The van der Waals surface area contributed by atoms with Gasteiger partial charge in [-0.3, -0.25) is 4.98 Å². The van der Waals surface area contributed by atoms with Gasteiger partial charge in [-0.2, -0.15) is 0 Å². The fourth-order valence-electron chi connectivity index (χ4n) is 1.29. The van der Waals surface area contributed by atoms with Gasteiger partial charge in [0.05, 0.1) is 5.52 Å². The Morgan fingerprint density at radius 3 is 2.62 bits per heavy atom. The topological polar surface area (TPSA) is 22.1 Å². The molecule has 0 amide bonds. The van der Waals surface area contributed by atoms with E-state index < -0.39 is 6.36 Å². The van der Waals surface area contributed by atoms with Gasteiger partial charge >= 0.3 is 6.36 Å². The quantitative estimate of drug-likeness (QED) is 0.795. The summed E-state index contributed by atoms with van der Waals surface area (Å²) >= 11 is 3.23. The van der Waals surface area contributed by atoms with E-state index in [1.165, 1.54) is 18.2 Å². The van der Waals surface area contributed by atoms with Crippen LogP contribution >= 0.6 is 15.9 Å². The van der Waals surface area contributed by atoms with E-state index in [1.807, 2.05) is 0 Å². The van der Waals surface area contributed by atoms with E-state index in [0.717, 1.165) is 0 Å². The van der Waals surface area contributed by atoms with Crippen LogP contribution in [0.15, 0.2) is 34.9 Å². The van der Waals surface area contributed by atoms with Crippen LogP contribution in [0.3, 0.4) is 0 Å². The second-order valence-electron chi connectivity index (χ2n) is 3.02. The lowest BCUT2D eigenvalue weighted by atomic mass is 10.2. The number of aromatic nitrogens is 1. The molecule has 1 aromatic heterocycles. The fourth-order valence-corrected chi connectivity index (χ4v) is 1.72. The minimum Gasteiger partial charge on any atom is -0.406 e. The second-order valence-corrected chi connectivity index (χ2v) is 3.87. The molecule has 1 aromatic carbocycles. The van der Waals surface area contributed by atoms with Gasteiger partial charge in [0.1, 0.15) is 5.75 Å². The van der Waals surface area contributed by atoms with E-state index in [1.54, 1.807) is 12.3 Å². The molecule has 2 aromatic rings. The summed E-state index contributed by atoms with van der Waals surface area (Å²) in [7, 11) is 0. The van der Waals surface area contributed by atoms with Crippen molar-refractivity contribution < 1.29 is 17.9 Å². The summed E-state index contributed by atoms with van der Waals surface area (Å²) in [6, 6.07) is 5.65. The van der Waals surface area contributed by atoms with Crippen molar-refractivity contribution in [3.05, 3.63) is 34.9 Å². The molecule has 0 saturated carbocycles. The monoisotopic (exact) mass is 291 g/mol. The van der Waals surface area contributed by atoms with Crippen molar-refractivity contribution in [1.29, 1.82) is 0 Å². The van der Waals surface area contributed by atoms with Crippen LogP contribution in [-0.2, 0) is 0 Å². The number of hydrogen-bond acceptors (Lipinski definition) is 2. The van der Waals surface area contributed by atoms with E-state index in [0.29, 0.717) is 15.4 Å². The number of rotatable bonds is 1. The van der Waals surface area contributed by atoms with Crippen molar-refractivity contribution in [2.45, 2.75) is 6.36 Å². The molecule has 0 bridgehead atoms. The van der Waals surface area contributed by atoms with Crippen LogP contribution in [-0.4, -0.2) is 11.3 Å². The zero-order valence-electron chi connectivity index (χ0n) is 7.75. The van der Waals surface area contributed by atoms with E-state index in [4.69, 9.17) is 0 Å². The predicted octanol–water partition coefficient (Wildman–Crippen LogP) is 3.90. The molecule has 0 aliphatic heterocycles. The molecule has 0 atom stereocenters. The molecule has 6 heteroatoms. The molecule has 0 radical (unpaired) electrons. The van der Waals surface area contributed by atoms with Gasteiger partial charge in [0.2, 0.25) is 0 Å². The third-order valence-electron chi connectivity index (χ3n) is 1.89. The molecule has 1 heterocycles. The Bertz CT molecular complexity index is 527. The second kappa shape index (κ2) is 3.93. The first-order chi connectivity index (χ1) is 7.46. The average molecular weight is 292 g/mol. The largest absolute Gasteiger partial charge is 0.573 e. The highest BCUT2D eigenvalue weighted by Crippen LogP contribution is 2.29. The van der Waals surface area contributed by atoms with Crippen molar-refractivity contribution in [1.82, 2.24) is 4.98 Å². The summed E-state index contributed by atoms with van der Waals surface area (Å²) in [6.45, 7) is 0. The maximum atomic E-state index is 12.0. The molecular formula is C10H5BrF3NO. The summed E-state index contributed by atoms with van der Waals surface area (Å²) in [4.78, 5) is 4.01. The average Bonchev–Trinajstić information content (AvgIpc) is 2.17. The summed E-state index contributed by atoms with van der Waals surface area (Å²) in [5, 5.41) is 0.573. The number of alkyl halides is 3. The zero-order chi connectivity index (χ0) is 11.8. The van der Waals surface area contributed by atoms with Crippen LogP contribution in [0.4, 0.5) is 13.2 Å². The van der Waals surface area contributed by atoms with Crippen LogP contribution in [0, 0.1) is 0 Å². The Kier molecular flexibility index (Phi) is 2.75. The third kappa shape index (κ3) is 2.44. The molecule has 84 valence electrons. The van der Waals surface area contributed by atoms with E-state index >= 15 is 0 Å². The Morgan fingerprint density at radius 1 is 1.19 bits per heavy atom. The number of nitrogens with zero attached hydrogens (tertiary/aromatic N) is 1. The summed E-state index contributed by atoms with van der Waals surface area (Å²) < 4.78 is 40.5. The first-order valence-electron chi connectivity index (χ1n) is 4.26. The number of fused-ring (bicyclic) bond motifs is 1. The van der Waals surface area contributed by atoms with Crippen molar-refractivity contribution in [2.75, 3.05) is 0 Å². The van der Waals surface area contributed by atoms with Crippen LogP contribution in [0.1, 0.15) is 0 Å². The normalized spacial score (nSPS) is 11.8. The summed E-state index contributed by atoms with van der Waals surface area (Å²) in [5.41, 5.74) is 0.601. The van der Waals surface area contributed by atoms with Crippen molar-refractivity contribution in [3.63, 3.8) is 0 Å². The maximum absolute atomic E-state index is 12.0. The molecule has 2 rings (SSSR count). The number of hydrogen-bond donors (Lipinski definition) is 0. The summed E-state index contributed by atoms with van der Waals surface area (Å²) in [5.74, 6) is -0.256. The smallest absolute Gasteiger partial charge is 0.406 e. The Labute approximate surface area is 97.2 Å². The lowest BCUT2D eigenvalue weighted by Gasteiger charge is -2.09. The predicted molar refractivity (Wildman–Crippen MR) is 56.1 cm³/mol. The van der Waals surface area contributed by atoms with Crippen LogP contribution in [0.5, 0.6) is 5.75 Å². The third-order valence-corrected chi connectivity index (χ3v) is 2.58. The van der Waals surface area contributed by atoms with E-state index in [9.17, 15) is 13.2 Å². The van der Waals surface area contributed by atoms with Gasteiger partial charge < -0.3 is 4.74 Å². The van der Waals surface area contributed by atoms with Gasteiger partial charge in [-0.25, -0.2) is 0 Å². The minimum absolute atomic E-state index is 0.256. The SMILES string of the molecule is FC(F)(F)Oc1ccc2nccc(Br)c2c1. The lowest BCUT2D eigenvalue weighted by molar-refractivity contribution is -0.274. The van der Waals surface area contributed by atoms with Crippen molar-refractivity contribution in [2.24, 2.45) is 0 Å². The first-order valence-corrected chi connectivity index (χ1v) is 5.05. The molecule has 0 unspecified atom stereocenters. The van der Waals surface area contributed by atoms with Gasteiger partial charge in [-0.05, 0) is 24.3 Å². The molecule has 0 fully saturated rings. The molecule has 0 aliphatic rings. The first kappa shape index (κ1) is 11.2. The highest BCUT2D eigenvalue weighted by atomic mass is 79.9. The zero-order valence-corrected chi connectivity index (χ0v) is 9.34. The van der Waals surface area contributed by atoms with Gasteiger partial charge in [-0.1, -0.05) is 15.9 Å². The molecule has 0 spiro atoms. The number of pyridine rings is 1. The van der Waals surface area contributed by atoms with Gasteiger partial charge in [0, 0.05) is 16.1 Å². The summed E-state index contributed by atoms with van der Waals surface area (Å²) in [6.07, 6.45) is -3.11. The molecule has 0 aliphatic carbocycles. The van der Waals surface area contributed by atoms with E-state index in [2.05, 4.69) is 25.7 Å². The Hall–Kier alpha value is -1.30. The molecular weight excluding hydrogens is 287 g/mol. The maximum Gasteiger partial charge on any atom is 0.573 e. The van der Waals surface area contributed by atoms with Gasteiger partial charge in [0.15, 0.2) is 0 Å². The van der Waals surface area contributed by atoms with Gasteiger partial charge in [-0.15, -0.1) is 13.2 Å². The van der Waals surface area contributed by atoms with Crippen LogP contribution < -0.4 is 4.74 Å². The van der Waals surface area contributed by atoms with Crippen molar-refractivity contribution >= 4 is 26.8 Å². The Morgan fingerprint density at radius 2 is 1.94 bits per heavy atom. The van der Waals surface area contributed by atoms with Crippen LogP contribution in [0.25, 0.3) is 10.9 Å². The minimum atomic E-state index is -4.68. The van der Waals surface area contributed by atoms with Gasteiger partial charge in [0.25, 0.3) is 0 Å². The van der Waals surface area contributed by atoms with E-state index in [-0.39, 0.29) is 5.75 Å². The molecule has 16 heavy (non-hydrogen) atoms. The molecule has 0 saturated heterocycles. The Balaban J connectivity index is 2.47. The van der Waals surface area contributed by atoms with Crippen molar-refractivity contribution in [3.8, 4) is 5.75 Å². The number of ether oxygens (including phenoxy) is 1. The standard InChI is InChI=1S/C10H5BrF3NO/c11-8-3-4-15-9-2-1-6(5-7(8)9)16-10(12,13)14/h1-5H. The highest BCUT2D eigenvalue weighted by molar-refractivity contribution is 9.10. The highest BCUT2D eigenvalue weighted by Gasteiger charge is 2.31. The number of halogens is 4. The number of benzene rings is 1. The van der Waals surface area contributed by atoms with Crippen LogP contribution in [0.2, 0.25) is 0 Å². The lowest BCUT2D eigenvalue weighted by Crippen LogP contribution is -2.17. The molecule has 0 N–H and O–H groups in total.